The van der Waals surface area contributed by atoms with Crippen molar-refractivity contribution in [2.45, 2.75) is 13.6 Å². The van der Waals surface area contributed by atoms with Gasteiger partial charge in [-0.05, 0) is 42.8 Å². The second-order valence-electron chi connectivity index (χ2n) is 6.75. The molecule has 1 aromatic heterocycles. The summed E-state index contributed by atoms with van der Waals surface area (Å²) in [6.07, 6.45) is 7.24. The maximum Gasteiger partial charge on any atom is 0.337 e. The second-order valence-corrected chi connectivity index (χ2v) is 6.75. The van der Waals surface area contributed by atoms with E-state index in [0.717, 1.165) is 17.0 Å². The lowest BCUT2D eigenvalue weighted by molar-refractivity contribution is 0.0696. The average Bonchev–Trinajstić information content (AvgIpc) is 3.06. The SMILES string of the molecule is Cc1c(C(=O)O)cn(CN2C=CC=NC2)c1-c1ccccc1Oc1ccccc1. The molecule has 1 N–H and O–H groups in total. The van der Waals surface area contributed by atoms with Gasteiger partial charge in [-0.1, -0.05) is 30.3 Å². The van der Waals surface area contributed by atoms with E-state index in [9.17, 15) is 9.90 Å². The fourth-order valence-electron chi connectivity index (χ4n) is 3.42. The van der Waals surface area contributed by atoms with E-state index in [1.54, 1.807) is 12.4 Å². The van der Waals surface area contributed by atoms with Crippen molar-refractivity contribution in [2.75, 3.05) is 6.67 Å². The third kappa shape index (κ3) is 3.91. The number of carboxylic acids is 1. The van der Waals surface area contributed by atoms with E-state index in [0.29, 0.717) is 24.7 Å². The number of aromatic nitrogens is 1. The number of ether oxygens (including phenoxy) is 1. The molecule has 146 valence electrons. The number of carbonyl (C=O) groups is 1. The molecule has 0 atom stereocenters. The molecular formula is C23H21N3O3. The van der Waals surface area contributed by atoms with E-state index >= 15 is 0 Å². The Kier molecular flexibility index (Phi) is 5.16. The van der Waals surface area contributed by atoms with Crippen LogP contribution in [0.15, 0.2) is 78.1 Å². The van der Waals surface area contributed by atoms with Crippen molar-refractivity contribution in [1.29, 1.82) is 0 Å². The zero-order valence-corrected chi connectivity index (χ0v) is 16.0. The molecule has 3 aromatic rings. The molecule has 0 aliphatic carbocycles. The lowest BCUT2D eigenvalue weighted by atomic mass is 10.0. The van der Waals surface area contributed by atoms with Gasteiger partial charge < -0.3 is 19.3 Å². The van der Waals surface area contributed by atoms with E-state index in [1.807, 2.05) is 83.3 Å². The molecule has 0 bridgehead atoms. The van der Waals surface area contributed by atoms with Crippen molar-refractivity contribution in [3.8, 4) is 22.8 Å². The normalized spacial score (nSPS) is 12.9. The topological polar surface area (TPSA) is 67.1 Å². The van der Waals surface area contributed by atoms with E-state index in [4.69, 9.17) is 4.74 Å². The van der Waals surface area contributed by atoms with Crippen LogP contribution in [0.1, 0.15) is 15.9 Å². The molecule has 1 aliphatic rings. The van der Waals surface area contributed by atoms with Crippen molar-refractivity contribution in [2.24, 2.45) is 4.99 Å². The van der Waals surface area contributed by atoms with Crippen molar-refractivity contribution >= 4 is 12.2 Å². The quantitative estimate of drug-likeness (QED) is 0.662. The summed E-state index contributed by atoms with van der Waals surface area (Å²) >= 11 is 0. The average molecular weight is 387 g/mol. The van der Waals surface area contributed by atoms with E-state index in [-0.39, 0.29) is 5.56 Å². The highest BCUT2D eigenvalue weighted by atomic mass is 16.5. The molecule has 29 heavy (non-hydrogen) atoms. The predicted molar refractivity (Wildman–Crippen MR) is 112 cm³/mol. The number of para-hydroxylation sites is 2. The summed E-state index contributed by atoms with van der Waals surface area (Å²) in [5.41, 5.74) is 2.63. The Morgan fingerprint density at radius 3 is 2.62 bits per heavy atom. The first-order valence-corrected chi connectivity index (χ1v) is 9.29. The van der Waals surface area contributed by atoms with Gasteiger partial charge in [-0.3, -0.25) is 4.99 Å². The van der Waals surface area contributed by atoms with Gasteiger partial charge in [-0.2, -0.15) is 0 Å². The minimum atomic E-state index is -0.948. The number of hydrogen-bond acceptors (Lipinski definition) is 4. The molecule has 2 heterocycles. The van der Waals surface area contributed by atoms with Crippen molar-refractivity contribution < 1.29 is 14.6 Å². The van der Waals surface area contributed by atoms with Gasteiger partial charge in [0, 0.05) is 24.2 Å². The van der Waals surface area contributed by atoms with E-state index < -0.39 is 5.97 Å². The summed E-state index contributed by atoms with van der Waals surface area (Å²) in [6.45, 7) is 2.84. The van der Waals surface area contributed by atoms with Crippen LogP contribution in [0.2, 0.25) is 0 Å². The Balaban J connectivity index is 1.78. The molecule has 0 unspecified atom stereocenters. The van der Waals surface area contributed by atoms with Crippen LogP contribution in [-0.2, 0) is 6.67 Å². The smallest absolute Gasteiger partial charge is 0.337 e. The first kappa shape index (κ1) is 18.6. The van der Waals surface area contributed by atoms with Crippen molar-refractivity contribution in [1.82, 2.24) is 9.47 Å². The molecule has 1 aliphatic heterocycles. The summed E-state index contributed by atoms with van der Waals surface area (Å²) in [6, 6.07) is 17.2. The van der Waals surface area contributed by atoms with Crippen LogP contribution in [0.25, 0.3) is 11.3 Å². The third-order valence-corrected chi connectivity index (χ3v) is 4.76. The summed E-state index contributed by atoms with van der Waals surface area (Å²) < 4.78 is 8.06. The number of nitrogens with zero attached hydrogens (tertiary/aromatic N) is 3. The number of hydrogen-bond donors (Lipinski definition) is 1. The molecule has 0 saturated heterocycles. The van der Waals surface area contributed by atoms with Crippen LogP contribution in [0.4, 0.5) is 0 Å². The number of aliphatic imine (C=N–C) groups is 1. The van der Waals surface area contributed by atoms with Gasteiger partial charge in [0.25, 0.3) is 0 Å². The zero-order chi connectivity index (χ0) is 20.2. The van der Waals surface area contributed by atoms with E-state index in [2.05, 4.69) is 4.99 Å². The molecule has 0 radical (unpaired) electrons. The lowest BCUT2D eigenvalue weighted by Crippen LogP contribution is -2.23. The van der Waals surface area contributed by atoms with Crippen molar-refractivity contribution in [3.63, 3.8) is 0 Å². The maximum atomic E-state index is 11.8. The van der Waals surface area contributed by atoms with Gasteiger partial charge in [0.2, 0.25) is 0 Å². The Labute approximate surface area is 169 Å². The van der Waals surface area contributed by atoms with Gasteiger partial charge in [0.1, 0.15) is 18.2 Å². The van der Waals surface area contributed by atoms with Crippen LogP contribution in [0, 0.1) is 6.92 Å². The summed E-state index contributed by atoms with van der Waals surface area (Å²) in [5.74, 6) is 0.448. The first-order valence-electron chi connectivity index (χ1n) is 9.29. The monoisotopic (exact) mass is 387 g/mol. The number of benzene rings is 2. The number of allylic oxidation sites excluding steroid dienone is 1. The van der Waals surface area contributed by atoms with E-state index in [1.165, 1.54) is 0 Å². The number of rotatable bonds is 6. The van der Waals surface area contributed by atoms with Crippen LogP contribution in [-0.4, -0.2) is 33.4 Å². The fourth-order valence-corrected chi connectivity index (χ4v) is 3.42. The standard InChI is InChI=1S/C23H21N3O3/c1-17-20(23(27)28)14-26(16-25-13-7-12-24-15-25)22(17)19-10-5-6-11-21(19)29-18-8-3-2-4-9-18/h2-14H,15-16H2,1H3,(H,27,28). The van der Waals surface area contributed by atoms with Gasteiger partial charge >= 0.3 is 5.97 Å². The van der Waals surface area contributed by atoms with Gasteiger partial charge in [0.05, 0.1) is 17.9 Å². The molecule has 6 nitrogen and oxygen atoms in total. The summed E-state index contributed by atoms with van der Waals surface area (Å²) in [7, 11) is 0. The summed E-state index contributed by atoms with van der Waals surface area (Å²) in [4.78, 5) is 18.1. The van der Waals surface area contributed by atoms with Crippen LogP contribution >= 0.6 is 0 Å². The molecule has 0 spiro atoms. The van der Waals surface area contributed by atoms with Crippen LogP contribution < -0.4 is 4.74 Å². The minimum absolute atomic E-state index is 0.277. The molecule has 6 heteroatoms. The van der Waals surface area contributed by atoms with Crippen LogP contribution in [0.3, 0.4) is 0 Å². The maximum absolute atomic E-state index is 11.8. The molecule has 4 rings (SSSR count). The van der Waals surface area contributed by atoms with Crippen LogP contribution in [0.5, 0.6) is 11.5 Å². The Morgan fingerprint density at radius 2 is 1.90 bits per heavy atom. The van der Waals surface area contributed by atoms with Gasteiger partial charge in [-0.15, -0.1) is 0 Å². The highest BCUT2D eigenvalue weighted by Gasteiger charge is 2.22. The minimum Gasteiger partial charge on any atom is -0.478 e. The second kappa shape index (κ2) is 8.06. The highest BCUT2D eigenvalue weighted by molar-refractivity contribution is 5.92. The summed E-state index contributed by atoms with van der Waals surface area (Å²) in [5, 5.41) is 9.67. The molecular weight excluding hydrogens is 366 g/mol. The Morgan fingerprint density at radius 1 is 1.14 bits per heavy atom. The molecule has 0 amide bonds. The molecule has 0 fully saturated rings. The number of aromatic carboxylic acids is 1. The highest BCUT2D eigenvalue weighted by Crippen LogP contribution is 2.37. The first-order chi connectivity index (χ1) is 14.1. The number of carboxylic acid groups (broad SMARTS) is 1. The molecule has 2 aromatic carbocycles. The third-order valence-electron chi connectivity index (χ3n) is 4.76. The van der Waals surface area contributed by atoms with Crippen molar-refractivity contribution in [3.05, 3.63) is 84.2 Å². The molecule has 0 saturated carbocycles. The fraction of sp³-hybridized carbons (Fsp3) is 0.130. The van der Waals surface area contributed by atoms with Gasteiger partial charge in [0.15, 0.2) is 0 Å². The zero-order valence-electron chi connectivity index (χ0n) is 16.0. The largest absolute Gasteiger partial charge is 0.478 e. The lowest BCUT2D eigenvalue weighted by Gasteiger charge is -2.23. The Hall–Kier alpha value is -3.80. The predicted octanol–water partition coefficient (Wildman–Crippen LogP) is 4.77. The van der Waals surface area contributed by atoms with Gasteiger partial charge in [-0.25, -0.2) is 4.79 Å². The Bertz CT molecular complexity index is 1080.